The number of phenols is 1. The quantitative estimate of drug-likeness (QED) is 0.674. The average molecular weight is 325 g/mol. The van der Waals surface area contributed by atoms with E-state index in [1.807, 2.05) is 29.8 Å². The van der Waals surface area contributed by atoms with Crippen molar-refractivity contribution in [3.05, 3.63) is 46.1 Å². The first kappa shape index (κ1) is 15.0. The van der Waals surface area contributed by atoms with Crippen LogP contribution in [0.1, 0.15) is 19.4 Å². The van der Waals surface area contributed by atoms with Gasteiger partial charge in [-0.15, -0.1) is 0 Å². The smallest absolute Gasteiger partial charge is 0.200 e. The maximum atomic E-state index is 12.9. The molecule has 2 N–H and O–H groups in total. The number of aromatic hydroxyl groups is 1. The van der Waals surface area contributed by atoms with Crippen molar-refractivity contribution in [2.45, 2.75) is 32.0 Å². The molecule has 0 aliphatic carbocycles. The zero-order valence-corrected chi connectivity index (χ0v) is 13.8. The summed E-state index contributed by atoms with van der Waals surface area (Å²) in [5, 5.41) is 21.6. The number of hydrogen-bond acceptors (Lipinski definition) is 4. The fourth-order valence-electron chi connectivity index (χ4n) is 3.56. The van der Waals surface area contributed by atoms with Gasteiger partial charge in [-0.3, -0.25) is 4.79 Å². The summed E-state index contributed by atoms with van der Waals surface area (Å²) in [6.45, 7) is 3.39. The predicted octanol–water partition coefficient (Wildman–Crippen LogP) is 2.47. The molecule has 124 valence electrons. The van der Waals surface area contributed by atoms with Crippen molar-refractivity contribution in [1.82, 2.24) is 4.57 Å². The number of rotatable bonds is 1. The van der Waals surface area contributed by atoms with Gasteiger partial charge in [0.15, 0.2) is 0 Å². The van der Waals surface area contributed by atoms with Crippen LogP contribution in [0.4, 0.5) is 0 Å². The third-order valence-corrected chi connectivity index (χ3v) is 4.86. The van der Waals surface area contributed by atoms with Crippen LogP contribution in [0.2, 0.25) is 0 Å². The number of fused-ring (bicyclic) bond motifs is 4. The molecule has 2 heterocycles. The molecule has 3 aromatic rings. The van der Waals surface area contributed by atoms with E-state index in [1.165, 1.54) is 6.07 Å². The fourth-order valence-corrected chi connectivity index (χ4v) is 3.56. The summed E-state index contributed by atoms with van der Waals surface area (Å²) in [5.41, 5.74) is 1.11. The second kappa shape index (κ2) is 4.74. The van der Waals surface area contributed by atoms with Crippen molar-refractivity contribution in [3.8, 4) is 11.5 Å². The number of aromatic nitrogens is 1. The van der Waals surface area contributed by atoms with E-state index in [2.05, 4.69) is 0 Å². The highest BCUT2D eigenvalue weighted by atomic mass is 16.5. The van der Waals surface area contributed by atoms with Gasteiger partial charge in [-0.05, 0) is 26.0 Å². The van der Waals surface area contributed by atoms with Crippen LogP contribution in [0.15, 0.2) is 35.1 Å². The molecular weight excluding hydrogens is 306 g/mol. The minimum atomic E-state index is -1.02. The summed E-state index contributed by atoms with van der Waals surface area (Å²) >= 11 is 0. The molecule has 0 saturated carbocycles. The number of para-hydroxylation sites is 1. The predicted molar refractivity (Wildman–Crippen MR) is 92.8 cm³/mol. The van der Waals surface area contributed by atoms with Crippen molar-refractivity contribution in [3.63, 3.8) is 0 Å². The number of aryl methyl sites for hydroxylation is 1. The van der Waals surface area contributed by atoms with Gasteiger partial charge in [0.05, 0.1) is 22.0 Å². The van der Waals surface area contributed by atoms with Gasteiger partial charge in [0.2, 0.25) is 5.43 Å². The van der Waals surface area contributed by atoms with Gasteiger partial charge in [-0.1, -0.05) is 12.1 Å². The minimum absolute atomic E-state index is 0.0912. The highest BCUT2D eigenvalue weighted by molar-refractivity contribution is 5.99. The Morgan fingerprint density at radius 2 is 2.00 bits per heavy atom. The molecule has 2 aromatic carbocycles. The number of nitrogens with zero attached hydrogens (tertiary/aromatic N) is 1. The van der Waals surface area contributed by atoms with Gasteiger partial charge in [0.25, 0.3) is 0 Å². The van der Waals surface area contributed by atoms with Crippen LogP contribution in [0.25, 0.3) is 21.8 Å². The standard InChI is InChI=1S/C19H19NO4/c1-19(2,23)15-8-11-14(24-15)9-13(21)16-17(11)20(3)12-7-5-4-6-10(12)18(16)22/h4-7,9,15,21,23H,8H2,1-3H3. The van der Waals surface area contributed by atoms with E-state index >= 15 is 0 Å². The number of aliphatic hydroxyl groups is 1. The number of benzene rings is 2. The summed E-state index contributed by atoms with van der Waals surface area (Å²) < 4.78 is 7.76. The van der Waals surface area contributed by atoms with Gasteiger partial charge < -0.3 is 19.5 Å². The van der Waals surface area contributed by atoms with E-state index < -0.39 is 11.7 Å². The van der Waals surface area contributed by atoms with Gasteiger partial charge in [0, 0.05) is 30.5 Å². The van der Waals surface area contributed by atoms with Gasteiger partial charge in [-0.25, -0.2) is 0 Å². The van der Waals surface area contributed by atoms with Crippen molar-refractivity contribution >= 4 is 21.8 Å². The highest BCUT2D eigenvalue weighted by Gasteiger charge is 2.37. The highest BCUT2D eigenvalue weighted by Crippen LogP contribution is 2.41. The topological polar surface area (TPSA) is 71.7 Å². The molecule has 1 unspecified atom stereocenters. The Morgan fingerprint density at radius 1 is 1.29 bits per heavy atom. The number of ether oxygens (including phenoxy) is 1. The van der Waals surface area contributed by atoms with Crippen LogP contribution in [0.5, 0.6) is 11.5 Å². The maximum Gasteiger partial charge on any atom is 0.200 e. The van der Waals surface area contributed by atoms with E-state index in [0.29, 0.717) is 28.5 Å². The van der Waals surface area contributed by atoms with E-state index in [-0.39, 0.29) is 11.2 Å². The summed E-state index contributed by atoms with van der Waals surface area (Å²) in [4.78, 5) is 12.9. The molecule has 4 rings (SSSR count). The Balaban J connectivity index is 2.13. The van der Waals surface area contributed by atoms with Gasteiger partial charge in [0.1, 0.15) is 17.6 Å². The van der Waals surface area contributed by atoms with E-state index in [1.54, 1.807) is 19.9 Å². The lowest BCUT2D eigenvalue weighted by Crippen LogP contribution is -2.39. The molecular formula is C19H19NO4. The number of pyridine rings is 1. The zero-order chi connectivity index (χ0) is 17.2. The maximum absolute atomic E-state index is 12.9. The third-order valence-electron chi connectivity index (χ3n) is 4.86. The number of phenolic OH excluding ortho intramolecular Hbond substituents is 1. The molecule has 1 aliphatic heterocycles. The molecule has 0 fully saturated rings. The normalized spacial score (nSPS) is 17.2. The molecule has 0 amide bonds. The number of hydrogen-bond donors (Lipinski definition) is 2. The molecule has 1 aromatic heterocycles. The molecule has 0 spiro atoms. The lowest BCUT2D eigenvalue weighted by atomic mass is 9.95. The van der Waals surface area contributed by atoms with Crippen molar-refractivity contribution in [1.29, 1.82) is 0 Å². The second-order valence-corrected chi connectivity index (χ2v) is 6.97. The third kappa shape index (κ3) is 1.94. The lowest BCUT2D eigenvalue weighted by molar-refractivity contribution is -0.0229. The van der Waals surface area contributed by atoms with Gasteiger partial charge in [-0.2, -0.15) is 0 Å². The van der Waals surface area contributed by atoms with Crippen LogP contribution in [0.3, 0.4) is 0 Å². The lowest BCUT2D eigenvalue weighted by Gasteiger charge is -2.24. The summed E-state index contributed by atoms with van der Waals surface area (Å²) in [7, 11) is 1.88. The minimum Gasteiger partial charge on any atom is -0.507 e. The van der Waals surface area contributed by atoms with Crippen molar-refractivity contribution < 1.29 is 14.9 Å². The molecule has 0 saturated heterocycles. The van der Waals surface area contributed by atoms with Crippen LogP contribution in [-0.2, 0) is 13.5 Å². The Labute approximate surface area is 138 Å². The van der Waals surface area contributed by atoms with Gasteiger partial charge >= 0.3 is 0 Å². The van der Waals surface area contributed by atoms with E-state index in [9.17, 15) is 15.0 Å². The fraction of sp³-hybridized carbons (Fsp3) is 0.316. The SMILES string of the molecule is Cn1c2ccccc2c(=O)c2c(O)cc3c(c21)CC(C(C)(C)O)O3. The van der Waals surface area contributed by atoms with Crippen molar-refractivity contribution in [2.24, 2.45) is 7.05 Å². The van der Waals surface area contributed by atoms with Crippen LogP contribution in [-0.4, -0.2) is 26.5 Å². The molecule has 1 atom stereocenters. The monoisotopic (exact) mass is 325 g/mol. The molecule has 5 heteroatoms. The first-order valence-corrected chi connectivity index (χ1v) is 7.94. The Bertz CT molecular complexity index is 1040. The Hall–Kier alpha value is -2.53. The molecule has 1 aliphatic rings. The molecule has 24 heavy (non-hydrogen) atoms. The first-order valence-electron chi connectivity index (χ1n) is 7.94. The van der Waals surface area contributed by atoms with E-state index in [0.717, 1.165) is 11.1 Å². The second-order valence-electron chi connectivity index (χ2n) is 6.97. The zero-order valence-electron chi connectivity index (χ0n) is 13.8. The summed E-state index contributed by atoms with van der Waals surface area (Å²) in [6.07, 6.45) is 0.0698. The Morgan fingerprint density at radius 3 is 2.71 bits per heavy atom. The van der Waals surface area contributed by atoms with Crippen LogP contribution in [0, 0.1) is 0 Å². The molecule has 0 bridgehead atoms. The molecule has 5 nitrogen and oxygen atoms in total. The molecule has 0 radical (unpaired) electrons. The van der Waals surface area contributed by atoms with Crippen molar-refractivity contribution in [2.75, 3.05) is 0 Å². The first-order chi connectivity index (χ1) is 11.3. The van der Waals surface area contributed by atoms with Crippen LogP contribution >= 0.6 is 0 Å². The largest absolute Gasteiger partial charge is 0.507 e. The van der Waals surface area contributed by atoms with E-state index in [4.69, 9.17) is 4.74 Å². The Kier molecular flexibility index (Phi) is 2.97. The van der Waals surface area contributed by atoms with Crippen LogP contribution < -0.4 is 10.2 Å². The summed E-state index contributed by atoms with van der Waals surface area (Å²) in [6, 6.07) is 8.83. The summed E-state index contributed by atoms with van der Waals surface area (Å²) in [5.74, 6) is 0.434. The average Bonchev–Trinajstić information content (AvgIpc) is 2.95.